The average molecular weight is 557 g/mol. The smallest absolute Gasteiger partial charge is 0.192 e. The summed E-state index contributed by atoms with van der Waals surface area (Å²) in [4.78, 5) is 5.45. The van der Waals surface area contributed by atoms with Gasteiger partial charge in [-0.15, -0.1) is 0 Å². The lowest BCUT2D eigenvalue weighted by molar-refractivity contribution is 0.105. The summed E-state index contributed by atoms with van der Waals surface area (Å²) in [7, 11) is -2.07. The summed E-state index contributed by atoms with van der Waals surface area (Å²) in [6.45, 7) is 22.4. The molecule has 1 heterocycles. The molecular weight excluding hydrogens is 508 g/mol. The van der Waals surface area contributed by atoms with E-state index in [-0.39, 0.29) is 22.5 Å². The molecule has 3 aliphatic carbocycles. The third kappa shape index (κ3) is 4.80. The molecular formula is C35H48N2O2Si. The maximum absolute atomic E-state index is 12.1. The lowest BCUT2D eigenvalue weighted by atomic mass is 9.69. The molecule has 0 spiro atoms. The summed E-state index contributed by atoms with van der Waals surface area (Å²) in [6.07, 6.45) is 6.74. The fourth-order valence-corrected chi connectivity index (χ4v) is 8.00. The van der Waals surface area contributed by atoms with Crippen LogP contribution in [0.1, 0.15) is 144 Å². The number of aromatic nitrogens is 1. The van der Waals surface area contributed by atoms with Crippen molar-refractivity contribution in [3.8, 4) is 6.07 Å². The first-order valence-corrected chi connectivity index (χ1v) is 18.1. The van der Waals surface area contributed by atoms with Crippen LogP contribution in [-0.2, 0) is 16.3 Å². The number of rotatable bonds is 4. The normalized spacial score (nSPS) is 24.1. The molecule has 0 saturated heterocycles. The van der Waals surface area contributed by atoms with E-state index in [0.717, 1.165) is 65.7 Å². The predicted octanol–water partition coefficient (Wildman–Crippen LogP) is 9.03. The van der Waals surface area contributed by atoms with E-state index in [1.165, 1.54) is 16.7 Å². The molecule has 3 unspecified atom stereocenters. The van der Waals surface area contributed by atoms with Crippen molar-refractivity contribution in [2.45, 2.75) is 129 Å². The van der Waals surface area contributed by atoms with Gasteiger partial charge in [0, 0.05) is 22.7 Å². The monoisotopic (exact) mass is 556 g/mol. The van der Waals surface area contributed by atoms with Crippen molar-refractivity contribution < 1.29 is 9.53 Å². The summed E-state index contributed by atoms with van der Waals surface area (Å²) in [5, 5.41) is 22.0. The van der Waals surface area contributed by atoms with Crippen molar-refractivity contribution in [1.29, 1.82) is 5.26 Å². The highest BCUT2D eigenvalue weighted by Gasteiger charge is 2.46. The number of aliphatic hydroxyl groups is 1. The van der Waals surface area contributed by atoms with Crippen LogP contribution in [0.3, 0.4) is 0 Å². The van der Waals surface area contributed by atoms with Crippen molar-refractivity contribution in [2.24, 2.45) is 5.41 Å². The minimum absolute atomic E-state index is 0.0266. The van der Waals surface area contributed by atoms with E-state index >= 15 is 0 Å². The topological polar surface area (TPSA) is 66.1 Å². The highest BCUT2D eigenvalue weighted by atomic mass is 28.4. The zero-order chi connectivity index (χ0) is 29.4. The van der Waals surface area contributed by atoms with Crippen LogP contribution in [0.5, 0.6) is 0 Å². The van der Waals surface area contributed by atoms with E-state index < -0.39 is 19.8 Å². The van der Waals surface area contributed by atoms with Crippen molar-refractivity contribution in [3.05, 3.63) is 69.0 Å². The number of benzene rings is 1. The lowest BCUT2D eigenvalue weighted by Gasteiger charge is -2.46. The van der Waals surface area contributed by atoms with Crippen molar-refractivity contribution in [2.75, 3.05) is 0 Å². The molecule has 0 saturated carbocycles. The Morgan fingerprint density at radius 3 is 2.40 bits per heavy atom. The number of nitrogens with zero attached hydrogens (tertiary/aromatic N) is 2. The van der Waals surface area contributed by atoms with Crippen LogP contribution in [0.15, 0.2) is 24.3 Å². The quantitative estimate of drug-likeness (QED) is 0.382. The van der Waals surface area contributed by atoms with Gasteiger partial charge in [0.1, 0.15) is 6.10 Å². The van der Waals surface area contributed by atoms with Crippen LogP contribution in [0, 0.1) is 16.7 Å². The van der Waals surface area contributed by atoms with Crippen LogP contribution in [0.25, 0.3) is 5.57 Å². The minimum Gasteiger partial charge on any atom is -0.410 e. The molecule has 0 radical (unpaired) electrons. The minimum atomic E-state index is -2.07. The van der Waals surface area contributed by atoms with E-state index in [4.69, 9.17) is 9.41 Å². The number of pyridine rings is 1. The van der Waals surface area contributed by atoms with Crippen LogP contribution < -0.4 is 0 Å². The Labute approximate surface area is 243 Å². The van der Waals surface area contributed by atoms with E-state index in [1.54, 1.807) is 0 Å². The first kappa shape index (κ1) is 29.2. The lowest BCUT2D eigenvalue weighted by Crippen LogP contribution is -2.44. The van der Waals surface area contributed by atoms with Gasteiger partial charge in [0.25, 0.3) is 0 Å². The Bertz CT molecular complexity index is 1420. The predicted molar refractivity (Wildman–Crippen MR) is 166 cm³/mol. The Hall–Kier alpha value is -2.26. The second-order valence-corrected chi connectivity index (χ2v) is 20.1. The standard InChI is InChI=1S/C35H48N2O2Si/c1-21-25-17-23(35(7,8)20-36)15-16-24(25)32(38)30-28(22-13-11-12-14-22)29-26(37-31(21)30)18-34(5,6)19-27(29)39-40(9,10)33(2,3)4/h13,15-17,21,27,32,38H,11-12,14,18-19H2,1-10H3. The zero-order valence-corrected chi connectivity index (χ0v) is 27.3. The number of allylic oxidation sites excluding steroid dienone is 2. The second-order valence-electron chi connectivity index (χ2n) is 15.4. The molecule has 4 nitrogen and oxygen atoms in total. The zero-order valence-electron chi connectivity index (χ0n) is 26.3. The van der Waals surface area contributed by atoms with Crippen LogP contribution in [0.4, 0.5) is 0 Å². The van der Waals surface area contributed by atoms with Crippen molar-refractivity contribution >= 4 is 13.9 Å². The summed E-state index contributed by atoms with van der Waals surface area (Å²) in [6, 6.07) is 8.65. The number of hydrogen-bond donors (Lipinski definition) is 1. The van der Waals surface area contributed by atoms with Crippen LogP contribution in [-0.4, -0.2) is 18.4 Å². The number of aliphatic hydroxyl groups excluding tert-OH is 1. The number of fused-ring (bicyclic) bond motifs is 3. The second kappa shape index (κ2) is 9.65. The molecule has 214 valence electrons. The molecule has 2 aromatic rings. The number of nitriles is 1. The summed E-state index contributed by atoms with van der Waals surface area (Å²) < 4.78 is 7.25. The van der Waals surface area contributed by atoms with Gasteiger partial charge in [-0.2, -0.15) is 5.26 Å². The third-order valence-electron chi connectivity index (χ3n) is 10.2. The molecule has 0 fully saturated rings. The third-order valence-corrected chi connectivity index (χ3v) is 14.7. The molecule has 1 aromatic heterocycles. The fraction of sp³-hybridized carbons (Fsp3) is 0.600. The molecule has 0 amide bonds. The van der Waals surface area contributed by atoms with Crippen LogP contribution in [0.2, 0.25) is 18.1 Å². The van der Waals surface area contributed by atoms with Crippen LogP contribution >= 0.6 is 0 Å². The molecule has 5 heteroatoms. The molecule has 3 atom stereocenters. The van der Waals surface area contributed by atoms with Gasteiger partial charge in [0.2, 0.25) is 0 Å². The molecule has 40 heavy (non-hydrogen) atoms. The Morgan fingerprint density at radius 2 is 1.80 bits per heavy atom. The van der Waals surface area contributed by atoms with E-state index in [1.807, 2.05) is 26.0 Å². The summed E-state index contributed by atoms with van der Waals surface area (Å²) in [5.74, 6) is 0.0266. The van der Waals surface area contributed by atoms with Crippen molar-refractivity contribution in [3.63, 3.8) is 0 Å². The molecule has 3 aliphatic rings. The maximum Gasteiger partial charge on any atom is 0.192 e. The molecule has 5 rings (SSSR count). The SMILES string of the molecule is CC1c2cc(C(C)(C)C#N)ccc2C(O)c2c1nc1c(c2C2=CCCC2)C(O[Si](C)(C)C(C)(C)C)CC(C)(C)C1. The molecule has 0 aliphatic heterocycles. The van der Waals surface area contributed by atoms with Gasteiger partial charge in [-0.25, -0.2) is 0 Å². The molecule has 1 aromatic carbocycles. The fourth-order valence-electron chi connectivity index (χ4n) is 6.73. The van der Waals surface area contributed by atoms with E-state index in [9.17, 15) is 10.4 Å². The van der Waals surface area contributed by atoms with Gasteiger partial charge < -0.3 is 9.53 Å². The largest absolute Gasteiger partial charge is 0.410 e. The summed E-state index contributed by atoms with van der Waals surface area (Å²) >= 11 is 0. The van der Waals surface area contributed by atoms with Gasteiger partial charge in [-0.05, 0) is 97.3 Å². The van der Waals surface area contributed by atoms with Gasteiger partial charge in [-0.1, -0.05) is 65.8 Å². The highest BCUT2D eigenvalue weighted by molar-refractivity contribution is 6.74. The maximum atomic E-state index is 12.1. The Balaban J connectivity index is 1.76. The summed E-state index contributed by atoms with van der Waals surface area (Å²) in [5.41, 5.74) is 9.45. The van der Waals surface area contributed by atoms with Gasteiger partial charge in [0.15, 0.2) is 8.32 Å². The number of hydrogen-bond acceptors (Lipinski definition) is 4. The van der Waals surface area contributed by atoms with Gasteiger partial charge >= 0.3 is 0 Å². The average Bonchev–Trinajstić information content (AvgIpc) is 3.39. The first-order chi connectivity index (χ1) is 18.5. The van der Waals surface area contributed by atoms with E-state index in [0.29, 0.717) is 0 Å². The Morgan fingerprint density at radius 1 is 1.10 bits per heavy atom. The van der Waals surface area contributed by atoms with E-state index in [2.05, 4.69) is 72.8 Å². The van der Waals surface area contributed by atoms with Gasteiger partial charge in [0.05, 0.1) is 23.3 Å². The van der Waals surface area contributed by atoms with Crippen molar-refractivity contribution in [1.82, 2.24) is 4.98 Å². The molecule has 0 bridgehead atoms. The highest BCUT2D eigenvalue weighted by Crippen LogP contribution is 2.54. The molecule has 1 N–H and O–H groups in total. The van der Waals surface area contributed by atoms with Gasteiger partial charge in [-0.3, -0.25) is 4.98 Å². The Kier molecular flexibility index (Phi) is 7.05. The first-order valence-electron chi connectivity index (χ1n) is 15.1.